The monoisotopic (exact) mass is 318 g/mol. The highest BCUT2D eigenvalue weighted by atomic mass is 28.4. The molecule has 0 saturated heterocycles. The molecule has 3 nitrogen and oxygen atoms in total. The molecule has 0 saturated carbocycles. The normalized spacial score (nSPS) is 20.7. The summed E-state index contributed by atoms with van der Waals surface area (Å²) in [5.41, 5.74) is 0. The van der Waals surface area contributed by atoms with E-state index < -0.39 is 8.32 Å². The van der Waals surface area contributed by atoms with Gasteiger partial charge in [-0.3, -0.25) is 0 Å². The summed E-state index contributed by atoms with van der Waals surface area (Å²) < 4.78 is 6.59. The minimum atomic E-state index is -1.93. The third kappa shape index (κ3) is 5.66. The molecule has 128 valence electrons. The van der Waals surface area contributed by atoms with Crippen molar-refractivity contribution in [2.75, 3.05) is 0 Å². The van der Waals surface area contributed by atoms with Crippen LogP contribution in [-0.2, 0) is 4.43 Å². The Balaban J connectivity index is 5.33. The van der Waals surface area contributed by atoms with E-state index in [2.05, 4.69) is 33.9 Å². The maximum Gasteiger partial charge on any atom is 0.192 e. The minimum absolute atomic E-state index is 0.0281. The number of aliphatic hydroxyl groups excluding tert-OH is 2. The fourth-order valence-corrected chi connectivity index (χ4v) is 3.86. The molecule has 0 radical (unpaired) electrons. The highest BCUT2D eigenvalue weighted by Gasteiger charge is 2.43. The fraction of sp³-hybridized carbons (Fsp3) is 1.00. The van der Waals surface area contributed by atoms with Gasteiger partial charge in [0.25, 0.3) is 0 Å². The Morgan fingerprint density at radius 1 is 0.905 bits per heavy atom. The van der Waals surface area contributed by atoms with Crippen molar-refractivity contribution in [3.63, 3.8) is 0 Å². The molecule has 0 heterocycles. The van der Waals surface area contributed by atoms with Crippen LogP contribution in [0.15, 0.2) is 0 Å². The summed E-state index contributed by atoms with van der Waals surface area (Å²) in [5.74, 6) is 0.0562. The number of rotatable bonds is 8. The van der Waals surface area contributed by atoms with Gasteiger partial charge in [0.15, 0.2) is 8.32 Å². The number of hydrogen-bond acceptors (Lipinski definition) is 3. The molecule has 0 aliphatic heterocycles. The smallest absolute Gasteiger partial charge is 0.192 e. The van der Waals surface area contributed by atoms with Crippen LogP contribution in [0.3, 0.4) is 0 Å². The number of aliphatic hydroxyl groups is 2. The lowest BCUT2D eigenvalue weighted by molar-refractivity contribution is -0.0380. The summed E-state index contributed by atoms with van der Waals surface area (Å²) in [5, 5.41) is 20.6. The first-order valence-corrected chi connectivity index (χ1v) is 11.3. The SMILES string of the molecule is CCC(O)[C@@H](C)C(O[Si](C)(C)C(C)(C)C)[C@H](C)[C@H](O)CC. The zero-order valence-corrected chi connectivity index (χ0v) is 16.6. The largest absolute Gasteiger partial charge is 0.413 e. The summed E-state index contributed by atoms with van der Waals surface area (Å²) >= 11 is 0. The van der Waals surface area contributed by atoms with Gasteiger partial charge in [-0.25, -0.2) is 0 Å². The molecule has 0 bridgehead atoms. The summed E-state index contributed by atoms with van der Waals surface area (Å²) in [7, 11) is -1.93. The van der Waals surface area contributed by atoms with Crippen molar-refractivity contribution < 1.29 is 14.6 Å². The van der Waals surface area contributed by atoms with Gasteiger partial charge in [0.1, 0.15) is 0 Å². The predicted molar refractivity (Wildman–Crippen MR) is 93.0 cm³/mol. The van der Waals surface area contributed by atoms with E-state index in [-0.39, 0.29) is 35.2 Å². The second-order valence-electron chi connectivity index (χ2n) is 8.01. The van der Waals surface area contributed by atoms with Crippen molar-refractivity contribution in [2.45, 2.75) is 97.8 Å². The van der Waals surface area contributed by atoms with Crippen LogP contribution in [0.4, 0.5) is 0 Å². The Hall–Kier alpha value is 0.0969. The van der Waals surface area contributed by atoms with Gasteiger partial charge in [-0.05, 0) is 31.0 Å². The first kappa shape index (κ1) is 21.1. The van der Waals surface area contributed by atoms with E-state index in [1.165, 1.54) is 0 Å². The molecule has 5 atom stereocenters. The lowest BCUT2D eigenvalue weighted by Gasteiger charge is -2.44. The van der Waals surface area contributed by atoms with Crippen molar-refractivity contribution in [2.24, 2.45) is 11.8 Å². The van der Waals surface area contributed by atoms with Crippen LogP contribution < -0.4 is 0 Å². The molecule has 0 aromatic carbocycles. The quantitative estimate of drug-likeness (QED) is 0.660. The van der Waals surface area contributed by atoms with E-state index >= 15 is 0 Å². The molecule has 0 amide bonds. The van der Waals surface area contributed by atoms with Crippen molar-refractivity contribution >= 4 is 8.32 Å². The highest BCUT2D eigenvalue weighted by Crippen LogP contribution is 2.40. The Labute approximate surface area is 133 Å². The number of hydrogen-bond donors (Lipinski definition) is 2. The van der Waals surface area contributed by atoms with Gasteiger partial charge in [-0.2, -0.15) is 0 Å². The van der Waals surface area contributed by atoms with Gasteiger partial charge < -0.3 is 14.6 Å². The first-order chi connectivity index (χ1) is 9.39. The van der Waals surface area contributed by atoms with Crippen molar-refractivity contribution in [1.29, 1.82) is 0 Å². The second-order valence-corrected chi connectivity index (χ2v) is 12.8. The summed E-state index contributed by atoms with van der Waals surface area (Å²) in [6.07, 6.45) is 0.564. The van der Waals surface area contributed by atoms with E-state index in [9.17, 15) is 10.2 Å². The van der Waals surface area contributed by atoms with Crippen LogP contribution in [0.5, 0.6) is 0 Å². The van der Waals surface area contributed by atoms with Crippen LogP contribution in [-0.4, -0.2) is 36.8 Å². The van der Waals surface area contributed by atoms with Crippen LogP contribution in [0.1, 0.15) is 61.3 Å². The molecule has 2 unspecified atom stereocenters. The van der Waals surface area contributed by atoms with Crippen LogP contribution in [0.25, 0.3) is 0 Å². The highest BCUT2D eigenvalue weighted by molar-refractivity contribution is 6.74. The minimum Gasteiger partial charge on any atom is -0.413 e. The molecule has 0 aromatic rings. The van der Waals surface area contributed by atoms with Crippen LogP contribution >= 0.6 is 0 Å². The van der Waals surface area contributed by atoms with Crippen molar-refractivity contribution in [3.8, 4) is 0 Å². The molecule has 4 heteroatoms. The maximum atomic E-state index is 10.3. The summed E-state index contributed by atoms with van der Waals surface area (Å²) in [6, 6.07) is 0. The summed E-state index contributed by atoms with van der Waals surface area (Å²) in [6.45, 7) is 19.2. The molecular formula is C17H38O3Si. The lowest BCUT2D eigenvalue weighted by Crippen LogP contribution is -2.50. The molecule has 0 fully saturated rings. The Bertz CT molecular complexity index is 283. The standard InChI is InChI=1S/C17H38O3Si/c1-10-14(18)12(3)16(13(4)15(19)11-2)20-21(8,9)17(5,6)7/h12-16,18-19H,10-11H2,1-9H3/t12-,13-,14-,15?,16?/m1/s1. The fourth-order valence-electron chi connectivity index (χ4n) is 2.39. The van der Waals surface area contributed by atoms with E-state index in [0.717, 1.165) is 0 Å². The molecule has 21 heavy (non-hydrogen) atoms. The average Bonchev–Trinajstić information content (AvgIpc) is 2.40. The third-order valence-electron chi connectivity index (χ3n) is 5.32. The first-order valence-electron chi connectivity index (χ1n) is 8.42. The molecule has 2 N–H and O–H groups in total. The van der Waals surface area contributed by atoms with E-state index in [1.807, 2.05) is 27.7 Å². The molecule has 0 spiro atoms. The maximum absolute atomic E-state index is 10.3. The average molecular weight is 319 g/mol. The van der Waals surface area contributed by atoms with Gasteiger partial charge in [0, 0.05) is 11.8 Å². The van der Waals surface area contributed by atoms with Crippen LogP contribution in [0.2, 0.25) is 18.1 Å². The zero-order chi connectivity index (χ0) is 17.0. The molecule has 0 aliphatic rings. The topological polar surface area (TPSA) is 49.7 Å². The van der Waals surface area contributed by atoms with Crippen molar-refractivity contribution in [3.05, 3.63) is 0 Å². The third-order valence-corrected chi connectivity index (χ3v) is 9.80. The Morgan fingerprint density at radius 3 is 1.48 bits per heavy atom. The van der Waals surface area contributed by atoms with Gasteiger partial charge >= 0.3 is 0 Å². The van der Waals surface area contributed by atoms with Gasteiger partial charge in [-0.15, -0.1) is 0 Å². The van der Waals surface area contributed by atoms with Gasteiger partial charge in [-0.1, -0.05) is 48.5 Å². The van der Waals surface area contributed by atoms with E-state index in [1.54, 1.807) is 0 Å². The predicted octanol–water partition coefficient (Wildman–Crippen LogP) is 4.19. The molecule has 0 aliphatic carbocycles. The molecule has 0 aromatic heterocycles. The van der Waals surface area contributed by atoms with Gasteiger partial charge in [0.05, 0.1) is 18.3 Å². The van der Waals surface area contributed by atoms with Gasteiger partial charge in [0.2, 0.25) is 0 Å². The van der Waals surface area contributed by atoms with Crippen molar-refractivity contribution in [1.82, 2.24) is 0 Å². The Morgan fingerprint density at radius 2 is 1.24 bits per heavy atom. The van der Waals surface area contributed by atoms with E-state index in [4.69, 9.17) is 4.43 Å². The lowest BCUT2D eigenvalue weighted by atomic mass is 9.85. The molecular weight excluding hydrogens is 280 g/mol. The van der Waals surface area contributed by atoms with E-state index in [0.29, 0.717) is 12.8 Å². The summed E-state index contributed by atoms with van der Waals surface area (Å²) in [4.78, 5) is 0. The molecule has 0 rings (SSSR count). The second kappa shape index (κ2) is 8.09. The van der Waals surface area contributed by atoms with Crippen LogP contribution in [0, 0.1) is 11.8 Å². The Kier molecular flexibility index (Phi) is 8.13. The zero-order valence-electron chi connectivity index (χ0n) is 15.6.